The van der Waals surface area contributed by atoms with E-state index in [0.29, 0.717) is 6.54 Å². The Labute approximate surface area is 152 Å². The zero-order chi connectivity index (χ0) is 17.4. The van der Waals surface area contributed by atoms with Gasteiger partial charge < -0.3 is 15.5 Å². The van der Waals surface area contributed by atoms with E-state index in [9.17, 15) is 5.11 Å². The molecule has 0 aliphatic heterocycles. The topological polar surface area (TPSA) is 52.5 Å². The maximum Gasteiger partial charge on any atom is 0.0948 e. The molecule has 0 aromatic heterocycles. The Morgan fingerprint density at radius 1 is 1.04 bits per heavy atom. The van der Waals surface area contributed by atoms with Gasteiger partial charge >= 0.3 is 0 Å². The largest absolute Gasteiger partial charge is 0.396 e. The minimum Gasteiger partial charge on any atom is -0.396 e. The number of unbranched alkanes of at least 4 members (excludes halogenated alkanes) is 1. The quantitative estimate of drug-likeness (QED) is 0.569. The fourth-order valence-corrected chi connectivity index (χ4v) is 3.19. The van der Waals surface area contributed by atoms with Crippen molar-refractivity contribution in [3.8, 4) is 0 Å². The highest BCUT2D eigenvalue weighted by Gasteiger charge is 2.34. The van der Waals surface area contributed by atoms with E-state index in [-0.39, 0.29) is 12.5 Å². The molecule has 0 saturated carbocycles. The van der Waals surface area contributed by atoms with Gasteiger partial charge in [-0.05, 0) is 49.6 Å². The van der Waals surface area contributed by atoms with Gasteiger partial charge in [0.1, 0.15) is 0 Å². The first-order valence-corrected chi connectivity index (χ1v) is 9.20. The van der Waals surface area contributed by atoms with E-state index < -0.39 is 5.60 Å². The Bertz CT molecular complexity index is 599. The second-order valence-corrected chi connectivity index (χ2v) is 7.17. The molecule has 0 heterocycles. The number of halogens is 1. The summed E-state index contributed by atoms with van der Waals surface area (Å²) in [6.45, 7) is 3.61. The number of nitrogens with one attached hydrogen (secondary N) is 1. The third-order valence-corrected chi connectivity index (χ3v) is 4.95. The van der Waals surface area contributed by atoms with E-state index in [2.05, 4.69) is 33.4 Å². The van der Waals surface area contributed by atoms with E-state index in [1.807, 2.05) is 49.4 Å². The van der Waals surface area contributed by atoms with Crippen LogP contribution in [0.1, 0.15) is 36.8 Å². The summed E-state index contributed by atoms with van der Waals surface area (Å²) in [6, 6.07) is 18.0. The van der Waals surface area contributed by atoms with Crippen molar-refractivity contribution in [2.24, 2.45) is 0 Å². The molecule has 0 unspecified atom stereocenters. The lowest BCUT2D eigenvalue weighted by molar-refractivity contribution is 0.0263. The molecule has 0 aliphatic rings. The van der Waals surface area contributed by atoms with Crippen LogP contribution in [0.3, 0.4) is 0 Å². The van der Waals surface area contributed by atoms with Gasteiger partial charge in [-0.15, -0.1) is 0 Å². The molecule has 130 valence electrons. The normalized spacial score (nSPS) is 15.0. The Morgan fingerprint density at radius 3 is 2.33 bits per heavy atom. The van der Waals surface area contributed by atoms with Crippen molar-refractivity contribution in [3.63, 3.8) is 0 Å². The predicted molar refractivity (Wildman–Crippen MR) is 102 cm³/mol. The molecule has 0 saturated heterocycles. The third-order valence-electron chi connectivity index (χ3n) is 4.42. The molecule has 0 radical (unpaired) electrons. The first-order valence-electron chi connectivity index (χ1n) is 8.40. The summed E-state index contributed by atoms with van der Waals surface area (Å²) >= 11 is 3.45. The van der Waals surface area contributed by atoms with Crippen molar-refractivity contribution in [1.82, 2.24) is 5.32 Å². The van der Waals surface area contributed by atoms with Gasteiger partial charge in [0.15, 0.2) is 0 Å². The summed E-state index contributed by atoms with van der Waals surface area (Å²) in [5.74, 6) is -0.0611. The number of aliphatic hydroxyl groups excluding tert-OH is 1. The number of benzene rings is 2. The number of hydrogen-bond acceptors (Lipinski definition) is 3. The Hall–Kier alpha value is -1.20. The summed E-state index contributed by atoms with van der Waals surface area (Å²) in [5, 5.41) is 23.6. The molecule has 2 atom stereocenters. The minimum atomic E-state index is -0.980. The van der Waals surface area contributed by atoms with Crippen LogP contribution in [0.25, 0.3) is 0 Å². The van der Waals surface area contributed by atoms with E-state index >= 15 is 0 Å². The van der Waals surface area contributed by atoms with Gasteiger partial charge in [0.05, 0.1) is 5.60 Å². The second-order valence-electron chi connectivity index (χ2n) is 6.25. The van der Waals surface area contributed by atoms with Gasteiger partial charge in [0.2, 0.25) is 0 Å². The van der Waals surface area contributed by atoms with E-state index in [1.54, 1.807) is 0 Å². The molecule has 0 amide bonds. The van der Waals surface area contributed by atoms with Crippen LogP contribution < -0.4 is 5.32 Å². The molecular weight excluding hydrogens is 366 g/mol. The Kier molecular flexibility index (Phi) is 7.43. The lowest BCUT2D eigenvalue weighted by atomic mass is 9.78. The molecule has 0 bridgehead atoms. The van der Waals surface area contributed by atoms with Gasteiger partial charge in [-0.3, -0.25) is 0 Å². The maximum absolute atomic E-state index is 11.3. The van der Waals surface area contributed by atoms with Crippen molar-refractivity contribution in [1.29, 1.82) is 0 Å². The van der Waals surface area contributed by atoms with Crippen molar-refractivity contribution in [2.75, 3.05) is 19.7 Å². The second kappa shape index (κ2) is 9.33. The van der Waals surface area contributed by atoms with Gasteiger partial charge in [-0.2, -0.15) is 0 Å². The summed E-state index contributed by atoms with van der Waals surface area (Å²) in [5.41, 5.74) is 1.03. The summed E-state index contributed by atoms with van der Waals surface area (Å²) in [4.78, 5) is 0. The highest BCUT2D eigenvalue weighted by Crippen LogP contribution is 2.36. The molecule has 2 aromatic carbocycles. The smallest absolute Gasteiger partial charge is 0.0948 e. The molecule has 3 N–H and O–H groups in total. The predicted octanol–water partition coefficient (Wildman–Crippen LogP) is 3.80. The highest BCUT2D eigenvalue weighted by atomic mass is 79.9. The van der Waals surface area contributed by atoms with Gasteiger partial charge in [0.25, 0.3) is 0 Å². The van der Waals surface area contributed by atoms with E-state index in [1.165, 1.54) is 0 Å². The zero-order valence-corrected chi connectivity index (χ0v) is 15.7. The number of rotatable bonds is 9. The summed E-state index contributed by atoms with van der Waals surface area (Å²) < 4.78 is 1.00. The van der Waals surface area contributed by atoms with E-state index in [0.717, 1.165) is 35.0 Å². The van der Waals surface area contributed by atoms with Crippen LogP contribution in [0.15, 0.2) is 59.1 Å². The maximum atomic E-state index is 11.3. The van der Waals surface area contributed by atoms with E-state index in [4.69, 9.17) is 5.11 Å². The molecule has 0 aliphatic carbocycles. The van der Waals surface area contributed by atoms with Gasteiger partial charge in [0, 0.05) is 23.5 Å². The molecule has 24 heavy (non-hydrogen) atoms. The summed E-state index contributed by atoms with van der Waals surface area (Å²) in [7, 11) is 0. The summed E-state index contributed by atoms with van der Waals surface area (Å²) in [6.07, 6.45) is 1.73. The average Bonchev–Trinajstić information content (AvgIpc) is 2.59. The van der Waals surface area contributed by atoms with Crippen LogP contribution >= 0.6 is 15.9 Å². The van der Waals surface area contributed by atoms with Crippen LogP contribution in [0.5, 0.6) is 0 Å². The molecule has 3 nitrogen and oxygen atoms in total. The lowest BCUT2D eigenvalue weighted by Gasteiger charge is -2.34. The standard InChI is InChI=1S/C20H26BrNO2/c1-20(24,17-9-11-18(21)12-10-17)19(15-22-13-5-6-14-23)16-7-3-2-4-8-16/h2-4,7-12,19,22-24H,5-6,13-15H2,1H3/t19-,20+/m0/s1. The fraction of sp³-hybridized carbons (Fsp3) is 0.400. The van der Waals surface area contributed by atoms with Crippen LogP contribution in [0.4, 0.5) is 0 Å². The SMILES string of the molecule is C[C@@](O)(c1ccc(Br)cc1)[C@@H](CNCCCCO)c1ccccc1. The lowest BCUT2D eigenvalue weighted by Crippen LogP contribution is -2.37. The molecule has 0 spiro atoms. The van der Waals surface area contributed by atoms with Gasteiger partial charge in [-0.25, -0.2) is 0 Å². The van der Waals surface area contributed by atoms with Gasteiger partial charge in [-0.1, -0.05) is 58.4 Å². The first-order chi connectivity index (χ1) is 11.6. The molecule has 2 rings (SSSR count). The van der Waals surface area contributed by atoms with Crippen molar-refractivity contribution in [3.05, 3.63) is 70.2 Å². The monoisotopic (exact) mass is 391 g/mol. The van der Waals surface area contributed by atoms with Crippen molar-refractivity contribution < 1.29 is 10.2 Å². The fourth-order valence-electron chi connectivity index (χ4n) is 2.92. The average molecular weight is 392 g/mol. The Morgan fingerprint density at radius 2 is 1.71 bits per heavy atom. The third kappa shape index (κ3) is 5.15. The van der Waals surface area contributed by atoms with Crippen molar-refractivity contribution in [2.45, 2.75) is 31.3 Å². The molecular formula is C20H26BrNO2. The first kappa shape index (κ1) is 19.1. The highest BCUT2D eigenvalue weighted by molar-refractivity contribution is 9.10. The Balaban J connectivity index is 2.19. The molecule has 2 aromatic rings. The van der Waals surface area contributed by atoms with Crippen LogP contribution in [0, 0.1) is 0 Å². The zero-order valence-electron chi connectivity index (χ0n) is 14.1. The molecule has 4 heteroatoms. The minimum absolute atomic E-state index is 0.0611. The van der Waals surface area contributed by atoms with Crippen LogP contribution in [-0.2, 0) is 5.60 Å². The van der Waals surface area contributed by atoms with Crippen LogP contribution in [0.2, 0.25) is 0 Å². The number of hydrogen-bond donors (Lipinski definition) is 3. The molecule has 0 fully saturated rings. The van der Waals surface area contributed by atoms with Crippen molar-refractivity contribution >= 4 is 15.9 Å². The number of aliphatic hydroxyl groups is 2. The van der Waals surface area contributed by atoms with Crippen LogP contribution in [-0.4, -0.2) is 29.9 Å².